The van der Waals surface area contributed by atoms with Gasteiger partial charge in [0, 0.05) is 17.4 Å². The number of benzene rings is 1. The van der Waals surface area contributed by atoms with Gasteiger partial charge in [0.2, 0.25) is 5.91 Å². The van der Waals surface area contributed by atoms with Crippen molar-refractivity contribution >= 4 is 11.9 Å². The van der Waals surface area contributed by atoms with E-state index >= 15 is 0 Å². The molecule has 0 bridgehead atoms. The predicted octanol–water partition coefficient (Wildman–Crippen LogP) is 3.10. The molecule has 2 saturated carbocycles. The molecular formula is C20H27NO5. The lowest BCUT2D eigenvalue weighted by Crippen LogP contribution is -2.54. The summed E-state index contributed by atoms with van der Waals surface area (Å²) in [5.74, 6) is 0.200. The molecule has 6 heteroatoms. The molecule has 2 aliphatic carbocycles. The Labute approximate surface area is 153 Å². The van der Waals surface area contributed by atoms with Crippen LogP contribution in [-0.4, -0.2) is 36.7 Å². The van der Waals surface area contributed by atoms with Crippen molar-refractivity contribution in [1.29, 1.82) is 0 Å². The number of ether oxygens (including phenoxy) is 2. The molecule has 142 valence electrons. The minimum atomic E-state index is -1.11. The van der Waals surface area contributed by atoms with E-state index in [4.69, 9.17) is 9.47 Å². The molecule has 26 heavy (non-hydrogen) atoms. The number of hydrogen-bond donors (Lipinski definition) is 2. The fourth-order valence-corrected chi connectivity index (χ4v) is 4.01. The molecule has 0 spiro atoms. The third kappa shape index (κ3) is 3.64. The maximum Gasteiger partial charge on any atom is 0.329 e. The summed E-state index contributed by atoms with van der Waals surface area (Å²) in [6.45, 7) is 0. The second-order valence-corrected chi connectivity index (χ2v) is 7.35. The van der Waals surface area contributed by atoms with Crippen LogP contribution in [0.25, 0.3) is 0 Å². The van der Waals surface area contributed by atoms with Gasteiger partial charge in [-0.2, -0.15) is 0 Å². The Morgan fingerprint density at radius 3 is 2.38 bits per heavy atom. The zero-order valence-corrected chi connectivity index (χ0v) is 15.4. The van der Waals surface area contributed by atoms with E-state index in [0.717, 1.165) is 42.7 Å². The minimum absolute atomic E-state index is 0.0386. The van der Waals surface area contributed by atoms with Crippen molar-refractivity contribution in [3.05, 3.63) is 23.8 Å². The number of nitrogens with one attached hydrogen (secondary N) is 1. The van der Waals surface area contributed by atoms with Gasteiger partial charge < -0.3 is 19.9 Å². The number of hydrogen-bond acceptors (Lipinski definition) is 4. The van der Waals surface area contributed by atoms with Gasteiger partial charge in [-0.25, -0.2) is 4.79 Å². The maximum atomic E-state index is 12.8. The highest BCUT2D eigenvalue weighted by Crippen LogP contribution is 2.51. The zero-order chi connectivity index (χ0) is 18.7. The molecule has 0 saturated heterocycles. The molecule has 1 aromatic rings. The van der Waals surface area contributed by atoms with Gasteiger partial charge in [-0.15, -0.1) is 0 Å². The average Bonchev–Trinajstić information content (AvgIpc) is 3.45. The van der Waals surface area contributed by atoms with Gasteiger partial charge in [-0.05, 0) is 37.5 Å². The van der Waals surface area contributed by atoms with Crippen molar-refractivity contribution < 1.29 is 24.2 Å². The van der Waals surface area contributed by atoms with E-state index in [9.17, 15) is 14.7 Å². The summed E-state index contributed by atoms with van der Waals surface area (Å²) in [5, 5.41) is 12.6. The predicted molar refractivity (Wildman–Crippen MR) is 96.6 cm³/mol. The molecule has 1 amide bonds. The molecule has 3 rings (SSSR count). The van der Waals surface area contributed by atoms with Crippen molar-refractivity contribution in [2.24, 2.45) is 5.92 Å². The third-order valence-corrected chi connectivity index (χ3v) is 5.69. The molecule has 1 aromatic carbocycles. The van der Waals surface area contributed by atoms with Crippen LogP contribution < -0.4 is 14.8 Å². The van der Waals surface area contributed by atoms with Crippen molar-refractivity contribution in [1.82, 2.24) is 5.32 Å². The van der Waals surface area contributed by atoms with E-state index in [1.807, 2.05) is 18.2 Å². The maximum absolute atomic E-state index is 12.8. The highest BCUT2D eigenvalue weighted by molar-refractivity contribution is 5.90. The summed E-state index contributed by atoms with van der Waals surface area (Å²) in [7, 11) is 3.21. The van der Waals surface area contributed by atoms with Crippen molar-refractivity contribution in [3.63, 3.8) is 0 Å². The number of amides is 1. The van der Waals surface area contributed by atoms with Gasteiger partial charge in [0.15, 0.2) is 0 Å². The Morgan fingerprint density at radius 1 is 1.12 bits per heavy atom. The molecule has 0 radical (unpaired) electrons. The number of methoxy groups -OCH3 is 2. The largest absolute Gasteiger partial charge is 0.497 e. The molecule has 2 aliphatic rings. The number of carbonyl (C=O) groups is 2. The molecule has 2 atom stereocenters. The van der Waals surface area contributed by atoms with Crippen molar-refractivity contribution in [2.45, 2.75) is 56.4 Å². The number of rotatable bonds is 6. The summed E-state index contributed by atoms with van der Waals surface area (Å²) < 4.78 is 10.7. The summed E-state index contributed by atoms with van der Waals surface area (Å²) in [4.78, 5) is 24.7. The second kappa shape index (κ2) is 7.56. The van der Waals surface area contributed by atoms with Crippen LogP contribution >= 0.6 is 0 Å². The number of aliphatic carboxylic acids is 1. The highest BCUT2D eigenvalue weighted by atomic mass is 16.5. The monoisotopic (exact) mass is 361 g/mol. The first kappa shape index (κ1) is 18.5. The summed E-state index contributed by atoms with van der Waals surface area (Å²) >= 11 is 0. The number of carbonyl (C=O) groups excluding carboxylic acids is 1. The van der Waals surface area contributed by atoms with Crippen LogP contribution in [0.2, 0.25) is 0 Å². The van der Waals surface area contributed by atoms with Crippen molar-refractivity contribution in [2.75, 3.05) is 14.2 Å². The molecule has 2 N–H and O–H groups in total. The standard InChI is InChI=1S/C20H27NO5/c1-25-13-7-8-17(26-2)15(11-13)14-12-16(14)18(22)21-20(19(23)24)9-5-3-4-6-10-20/h7-8,11,14,16H,3-6,9-10,12H2,1-2H3,(H,21,22)(H,23,24). The van der Waals surface area contributed by atoms with Gasteiger partial charge in [0.05, 0.1) is 14.2 Å². The number of carboxylic acids is 1. The van der Waals surface area contributed by atoms with E-state index in [1.54, 1.807) is 14.2 Å². The van der Waals surface area contributed by atoms with Crippen LogP contribution in [0.4, 0.5) is 0 Å². The summed E-state index contributed by atoms with van der Waals surface area (Å²) in [5.41, 5.74) is -0.170. The Bertz CT molecular complexity index is 679. The first-order valence-electron chi connectivity index (χ1n) is 9.28. The van der Waals surface area contributed by atoms with Crippen LogP contribution in [-0.2, 0) is 9.59 Å². The SMILES string of the molecule is COc1ccc(OC)c(C2CC2C(=O)NC2(C(=O)O)CCCCCC2)c1. The fraction of sp³-hybridized carbons (Fsp3) is 0.600. The second-order valence-electron chi connectivity index (χ2n) is 7.35. The molecule has 2 fully saturated rings. The molecule has 0 heterocycles. The average molecular weight is 361 g/mol. The highest BCUT2D eigenvalue weighted by Gasteiger charge is 2.49. The van der Waals surface area contributed by atoms with Gasteiger partial charge in [0.25, 0.3) is 0 Å². The van der Waals surface area contributed by atoms with E-state index < -0.39 is 11.5 Å². The smallest absolute Gasteiger partial charge is 0.329 e. The molecule has 6 nitrogen and oxygen atoms in total. The zero-order valence-electron chi connectivity index (χ0n) is 15.4. The summed E-state index contributed by atoms with van der Waals surface area (Å²) in [6.07, 6.45) is 5.44. The van der Waals surface area contributed by atoms with E-state index in [-0.39, 0.29) is 17.7 Å². The molecule has 0 aliphatic heterocycles. The van der Waals surface area contributed by atoms with Gasteiger partial charge in [-0.3, -0.25) is 4.79 Å². The van der Waals surface area contributed by atoms with Crippen LogP contribution in [0, 0.1) is 5.92 Å². The first-order valence-corrected chi connectivity index (χ1v) is 9.28. The lowest BCUT2D eigenvalue weighted by atomic mass is 9.90. The Kier molecular flexibility index (Phi) is 5.39. The van der Waals surface area contributed by atoms with Crippen LogP contribution in [0.3, 0.4) is 0 Å². The summed E-state index contributed by atoms with van der Waals surface area (Å²) in [6, 6.07) is 5.56. The van der Waals surface area contributed by atoms with Crippen LogP contribution in [0.15, 0.2) is 18.2 Å². The molecule has 0 aromatic heterocycles. The van der Waals surface area contributed by atoms with E-state index in [2.05, 4.69) is 5.32 Å². The normalized spacial score (nSPS) is 24.2. The lowest BCUT2D eigenvalue weighted by molar-refractivity contribution is -0.148. The Balaban J connectivity index is 1.73. The Morgan fingerprint density at radius 2 is 1.81 bits per heavy atom. The molecule has 2 unspecified atom stereocenters. The first-order chi connectivity index (χ1) is 12.5. The topological polar surface area (TPSA) is 84.9 Å². The van der Waals surface area contributed by atoms with Crippen LogP contribution in [0.5, 0.6) is 11.5 Å². The lowest BCUT2D eigenvalue weighted by Gasteiger charge is -2.29. The van der Waals surface area contributed by atoms with Crippen molar-refractivity contribution in [3.8, 4) is 11.5 Å². The van der Waals surface area contributed by atoms with E-state index in [1.165, 1.54) is 0 Å². The fourth-order valence-electron chi connectivity index (χ4n) is 4.01. The van der Waals surface area contributed by atoms with Gasteiger partial charge in [-0.1, -0.05) is 25.7 Å². The third-order valence-electron chi connectivity index (χ3n) is 5.69. The minimum Gasteiger partial charge on any atom is -0.497 e. The molecular weight excluding hydrogens is 334 g/mol. The van der Waals surface area contributed by atoms with Gasteiger partial charge in [0.1, 0.15) is 17.0 Å². The van der Waals surface area contributed by atoms with Gasteiger partial charge >= 0.3 is 5.97 Å². The van der Waals surface area contributed by atoms with E-state index in [0.29, 0.717) is 19.3 Å². The Hall–Kier alpha value is -2.24. The quantitative estimate of drug-likeness (QED) is 0.761. The van der Waals surface area contributed by atoms with Crippen LogP contribution in [0.1, 0.15) is 56.4 Å². The number of carboxylic acid groups (broad SMARTS) is 1.